The van der Waals surface area contributed by atoms with E-state index in [1.807, 2.05) is 57.2 Å². The van der Waals surface area contributed by atoms with E-state index < -0.39 is 22.0 Å². The Balaban J connectivity index is 2.36. The first-order valence-electron chi connectivity index (χ1n) is 11.2. The van der Waals surface area contributed by atoms with Crippen molar-refractivity contribution in [3.8, 4) is 0 Å². The quantitative estimate of drug-likeness (QED) is 0.507. The predicted octanol–water partition coefficient (Wildman–Crippen LogP) is 3.40. The predicted molar refractivity (Wildman–Crippen MR) is 132 cm³/mol. The van der Waals surface area contributed by atoms with Crippen molar-refractivity contribution in [2.45, 2.75) is 53.1 Å². The van der Waals surface area contributed by atoms with Gasteiger partial charge in [-0.3, -0.25) is 13.9 Å². The maximum atomic E-state index is 13.5. The highest BCUT2D eigenvalue weighted by Gasteiger charge is 2.30. The van der Waals surface area contributed by atoms with E-state index in [9.17, 15) is 18.0 Å². The van der Waals surface area contributed by atoms with Gasteiger partial charge in [0.25, 0.3) is 0 Å². The molecule has 8 heteroatoms. The van der Waals surface area contributed by atoms with Gasteiger partial charge >= 0.3 is 0 Å². The zero-order valence-electron chi connectivity index (χ0n) is 20.2. The SMILES string of the molecule is CCCCNC(=O)[C@@H](C)N(Cc1ccccc1)C(=O)CN(c1cccc(C)c1C)S(C)(=O)=O. The van der Waals surface area contributed by atoms with E-state index in [0.717, 1.165) is 40.1 Å². The monoisotopic (exact) mass is 473 g/mol. The van der Waals surface area contributed by atoms with Crippen molar-refractivity contribution in [2.75, 3.05) is 23.7 Å². The summed E-state index contributed by atoms with van der Waals surface area (Å²) in [5.74, 6) is -0.700. The van der Waals surface area contributed by atoms with Gasteiger partial charge < -0.3 is 10.2 Å². The standard InChI is InChI=1S/C25H35N3O4S/c1-6-7-16-26-25(30)21(4)27(17-22-13-9-8-10-14-22)24(29)18-28(33(5,31)32)23-15-11-12-19(2)20(23)3/h8-15,21H,6-7,16-18H2,1-5H3,(H,26,30)/t21-/m1/s1. The van der Waals surface area contributed by atoms with E-state index in [1.54, 1.807) is 19.1 Å². The number of nitrogens with one attached hydrogen (secondary N) is 1. The minimum Gasteiger partial charge on any atom is -0.354 e. The van der Waals surface area contributed by atoms with Crippen LogP contribution in [0.4, 0.5) is 5.69 Å². The van der Waals surface area contributed by atoms with Crippen LogP contribution in [0.3, 0.4) is 0 Å². The lowest BCUT2D eigenvalue weighted by Crippen LogP contribution is -2.51. The third kappa shape index (κ3) is 7.32. The zero-order chi connectivity index (χ0) is 24.6. The van der Waals surface area contributed by atoms with Crippen molar-refractivity contribution < 1.29 is 18.0 Å². The molecule has 0 saturated carbocycles. The van der Waals surface area contributed by atoms with Gasteiger partial charge in [-0.25, -0.2) is 8.42 Å². The number of nitrogens with zero attached hydrogens (tertiary/aromatic N) is 2. The summed E-state index contributed by atoms with van der Waals surface area (Å²) >= 11 is 0. The summed E-state index contributed by atoms with van der Waals surface area (Å²) in [7, 11) is -3.74. The fraction of sp³-hybridized carbons (Fsp3) is 0.440. The molecule has 7 nitrogen and oxygen atoms in total. The van der Waals surface area contributed by atoms with Crippen LogP contribution in [-0.2, 0) is 26.2 Å². The van der Waals surface area contributed by atoms with Crippen molar-refractivity contribution in [1.82, 2.24) is 10.2 Å². The van der Waals surface area contributed by atoms with Crippen LogP contribution in [0.1, 0.15) is 43.4 Å². The molecule has 0 aliphatic carbocycles. The summed E-state index contributed by atoms with van der Waals surface area (Å²) in [6.45, 7) is 7.78. The Morgan fingerprint density at radius 1 is 1.03 bits per heavy atom. The lowest BCUT2D eigenvalue weighted by Gasteiger charge is -2.32. The van der Waals surface area contributed by atoms with Gasteiger partial charge in [0.05, 0.1) is 11.9 Å². The molecule has 0 saturated heterocycles. The lowest BCUT2D eigenvalue weighted by molar-refractivity contribution is -0.139. The van der Waals surface area contributed by atoms with Crippen LogP contribution in [0.25, 0.3) is 0 Å². The summed E-state index contributed by atoms with van der Waals surface area (Å²) in [6.07, 6.45) is 2.88. The zero-order valence-corrected chi connectivity index (χ0v) is 21.0. The molecule has 2 amide bonds. The van der Waals surface area contributed by atoms with Crippen LogP contribution in [0.5, 0.6) is 0 Å². The summed E-state index contributed by atoms with van der Waals surface area (Å²) in [6, 6.07) is 14.0. The van der Waals surface area contributed by atoms with E-state index in [2.05, 4.69) is 5.32 Å². The number of anilines is 1. The number of amides is 2. The molecule has 0 unspecified atom stereocenters. The van der Waals surface area contributed by atoms with E-state index in [1.165, 1.54) is 4.90 Å². The van der Waals surface area contributed by atoms with Crippen molar-refractivity contribution in [1.29, 1.82) is 0 Å². The lowest BCUT2D eigenvalue weighted by atomic mass is 10.1. The topological polar surface area (TPSA) is 86.8 Å². The van der Waals surface area contributed by atoms with Crippen LogP contribution < -0.4 is 9.62 Å². The number of benzene rings is 2. The number of aryl methyl sites for hydroxylation is 1. The van der Waals surface area contributed by atoms with Gasteiger partial charge in [0.15, 0.2) is 0 Å². The Morgan fingerprint density at radius 2 is 1.70 bits per heavy atom. The molecule has 1 atom stereocenters. The van der Waals surface area contributed by atoms with E-state index >= 15 is 0 Å². The smallest absolute Gasteiger partial charge is 0.244 e. The fourth-order valence-electron chi connectivity index (χ4n) is 3.50. The normalized spacial score (nSPS) is 12.2. The van der Waals surface area contributed by atoms with Crippen molar-refractivity contribution in [3.63, 3.8) is 0 Å². The fourth-order valence-corrected chi connectivity index (χ4v) is 4.40. The Bertz CT molecular complexity index is 1050. The molecule has 2 rings (SSSR count). The number of hydrogen-bond acceptors (Lipinski definition) is 4. The Morgan fingerprint density at radius 3 is 2.30 bits per heavy atom. The molecule has 2 aromatic rings. The second kappa shape index (κ2) is 11.8. The Hall–Kier alpha value is -2.87. The molecule has 180 valence electrons. The molecule has 0 radical (unpaired) electrons. The Kier molecular flexibility index (Phi) is 9.46. The van der Waals surface area contributed by atoms with Gasteiger partial charge in [-0.2, -0.15) is 0 Å². The second-order valence-corrected chi connectivity index (χ2v) is 10.2. The van der Waals surface area contributed by atoms with Crippen LogP contribution in [0.2, 0.25) is 0 Å². The first-order chi connectivity index (χ1) is 15.6. The van der Waals surface area contributed by atoms with Crippen LogP contribution in [-0.4, -0.2) is 50.5 Å². The van der Waals surface area contributed by atoms with E-state index in [0.29, 0.717) is 12.2 Å². The first kappa shape index (κ1) is 26.4. The highest BCUT2D eigenvalue weighted by atomic mass is 32.2. The van der Waals surface area contributed by atoms with Crippen LogP contribution in [0.15, 0.2) is 48.5 Å². The molecule has 33 heavy (non-hydrogen) atoms. The molecule has 0 aromatic heterocycles. The average molecular weight is 474 g/mol. The van der Waals surface area contributed by atoms with Gasteiger partial charge in [-0.15, -0.1) is 0 Å². The molecule has 0 bridgehead atoms. The number of sulfonamides is 1. The van der Waals surface area contributed by atoms with Gasteiger partial charge in [0.2, 0.25) is 21.8 Å². The average Bonchev–Trinajstić information content (AvgIpc) is 2.77. The Labute approximate surface area is 197 Å². The molecule has 2 aromatic carbocycles. The van der Waals surface area contributed by atoms with Gasteiger partial charge in [0.1, 0.15) is 12.6 Å². The molecule has 0 spiro atoms. The molecule has 0 aliphatic heterocycles. The number of hydrogen-bond donors (Lipinski definition) is 1. The first-order valence-corrected chi connectivity index (χ1v) is 13.1. The molecule has 0 heterocycles. The maximum absolute atomic E-state index is 13.5. The summed E-state index contributed by atoms with van der Waals surface area (Å²) in [5, 5.41) is 2.87. The van der Waals surface area contributed by atoms with Crippen molar-refractivity contribution in [2.24, 2.45) is 0 Å². The minimum atomic E-state index is -3.74. The maximum Gasteiger partial charge on any atom is 0.244 e. The molecular formula is C25H35N3O4S. The van der Waals surface area contributed by atoms with Crippen molar-refractivity contribution in [3.05, 3.63) is 65.2 Å². The molecular weight excluding hydrogens is 438 g/mol. The number of unbranched alkanes of at least 4 members (excludes halogenated alkanes) is 1. The second-order valence-electron chi connectivity index (χ2n) is 8.32. The van der Waals surface area contributed by atoms with Gasteiger partial charge in [0, 0.05) is 13.1 Å². The van der Waals surface area contributed by atoms with Crippen molar-refractivity contribution >= 4 is 27.5 Å². The largest absolute Gasteiger partial charge is 0.354 e. The summed E-state index contributed by atoms with van der Waals surface area (Å²) < 4.78 is 26.5. The molecule has 0 fully saturated rings. The van der Waals surface area contributed by atoms with E-state index in [4.69, 9.17) is 0 Å². The molecule has 1 N–H and O–H groups in total. The number of carbonyl (C=O) groups excluding carboxylic acids is 2. The third-order valence-corrected chi connectivity index (χ3v) is 6.84. The summed E-state index contributed by atoms with van der Waals surface area (Å²) in [4.78, 5) is 27.7. The van der Waals surface area contributed by atoms with Crippen LogP contribution in [0, 0.1) is 13.8 Å². The highest BCUT2D eigenvalue weighted by molar-refractivity contribution is 7.92. The summed E-state index contributed by atoms with van der Waals surface area (Å²) in [5.41, 5.74) is 3.04. The number of carbonyl (C=O) groups is 2. The third-order valence-electron chi connectivity index (χ3n) is 5.72. The van der Waals surface area contributed by atoms with Gasteiger partial charge in [-0.05, 0) is 49.9 Å². The minimum absolute atomic E-state index is 0.201. The van der Waals surface area contributed by atoms with Gasteiger partial charge in [-0.1, -0.05) is 55.8 Å². The molecule has 0 aliphatic rings. The van der Waals surface area contributed by atoms with E-state index in [-0.39, 0.29) is 19.0 Å². The number of rotatable bonds is 11. The van der Waals surface area contributed by atoms with Crippen LogP contribution >= 0.6 is 0 Å². The highest BCUT2D eigenvalue weighted by Crippen LogP contribution is 2.25.